The van der Waals surface area contributed by atoms with Crippen molar-refractivity contribution in [3.8, 4) is 0 Å². The van der Waals surface area contributed by atoms with Gasteiger partial charge in [-0.05, 0) is 17.7 Å². The highest BCUT2D eigenvalue weighted by Crippen LogP contribution is 2.20. The van der Waals surface area contributed by atoms with Crippen LogP contribution in [0.4, 0.5) is 5.82 Å². The summed E-state index contributed by atoms with van der Waals surface area (Å²) in [6.07, 6.45) is 3.10. The maximum absolute atomic E-state index is 11.6. The molecule has 1 amide bonds. The Bertz CT molecular complexity index is 819. The predicted molar refractivity (Wildman–Crippen MR) is 79.4 cm³/mol. The number of carbonyl (C=O) groups is 1. The van der Waals surface area contributed by atoms with Gasteiger partial charge in [0.05, 0.1) is 12.2 Å². The van der Waals surface area contributed by atoms with Crippen molar-refractivity contribution in [3.63, 3.8) is 0 Å². The second-order valence-corrected chi connectivity index (χ2v) is 4.60. The number of halogens is 1. The standard InChI is InChI=1S/C12H11ClN8O/c1-14-11(22)10-18-7-8(20-12(13)21-9(7)19-10)16-4-6-2-3-15-5-17-6/h2-3,5H,4H2,1H3,(H,14,22)(H2,16,18,19,20,21). The summed E-state index contributed by atoms with van der Waals surface area (Å²) in [4.78, 5) is 34.7. The quantitative estimate of drug-likeness (QED) is 0.607. The van der Waals surface area contributed by atoms with Crippen molar-refractivity contribution >= 4 is 34.5 Å². The van der Waals surface area contributed by atoms with E-state index in [1.807, 2.05) is 0 Å². The summed E-state index contributed by atoms with van der Waals surface area (Å²) >= 11 is 5.89. The van der Waals surface area contributed by atoms with Gasteiger partial charge in [0.25, 0.3) is 5.91 Å². The lowest BCUT2D eigenvalue weighted by Gasteiger charge is -2.05. The molecule has 0 bridgehead atoms. The molecule has 112 valence electrons. The molecule has 10 heteroatoms. The zero-order valence-corrected chi connectivity index (χ0v) is 12.2. The zero-order valence-electron chi connectivity index (χ0n) is 11.5. The van der Waals surface area contributed by atoms with Crippen LogP contribution in [0.1, 0.15) is 16.3 Å². The fourth-order valence-electron chi connectivity index (χ4n) is 1.82. The molecule has 3 aromatic heterocycles. The van der Waals surface area contributed by atoms with Crippen LogP contribution in [-0.2, 0) is 6.54 Å². The van der Waals surface area contributed by atoms with Gasteiger partial charge in [-0.1, -0.05) is 0 Å². The van der Waals surface area contributed by atoms with Gasteiger partial charge in [-0.25, -0.2) is 15.0 Å². The number of hydrogen-bond donors (Lipinski definition) is 3. The van der Waals surface area contributed by atoms with Crippen LogP contribution >= 0.6 is 11.6 Å². The van der Waals surface area contributed by atoms with Gasteiger partial charge in [0.2, 0.25) is 5.28 Å². The number of fused-ring (bicyclic) bond motifs is 1. The number of anilines is 1. The first-order valence-electron chi connectivity index (χ1n) is 6.31. The molecule has 0 aliphatic heterocycles. The highest BCUT2D eigenvalue weighted by atomic mass is 35.5. The van der Waals surface area contributed by atoms with E-state index in [9.17, 15) is 4.79 Å². The Labute approximate surface area is 129 Å². The lowest BCUT2D eigenvalue weighted by molar-refractivity contribution is 0.0954. The zero-order chi connectivity index (χ0) is 15.5. The molecule has 0 aliphatic carbocycles. The van der Waals surface area contributed by atoms with Crippen molar-refractivity contribution in [3.05, 3.63) is 35.4 Å². The first kappa shape index (κ1) is 14.1. The fraction of sp³-hybridized carbons (Fsp3) is 0.167. The first-order chi connectivity index (χ1) is 10.7. The molecule has 3 heterocycles. The molecule has 3 N–H and O–H groups in total. The molecular weight excluding hydrogens is 308 g/mol. The fourth-order valence-corrected chi connectivity index (χ4v) is 1.99. The summed E-state index contributed by atoms with van der Waals surface area (Å²) in [5.41, 5.74) is 1.58. The Balaban J connectivity index is 1.94. The Morgan fingerprint density at radius 2 is 2.23 bits per heavy atom. The molecule has 0 spiro atoms. The minimum atomic E-state index is -0.351. The average Bonchev–Trinajstić information content (AvgIpc) is 2.96. The molecule has 0 aromatic carbocycles. The van der Waals surface area contributed by atoms with Gasteiger partial charge in [0, 0.05) is 13.2 Å². The number of rotatable bonds is 4. The van der Waals surface area contributed by atoms with Crippen molar-refractivity contribution in [1.29, 1.82) is 0 Å². The van der Waals surface area contributed by atoms with Gasteiger partial charge in [-0.3, -0.25) is 4.79 Å². The highest BCUT2D eigenvalue weighted by molar-refractivity contribution is 6.28. The number of imidazole rings is 1. The van der Waals surface area contributed by atoms with Crippen LogP contribution in [-0.4, -0.2) is 42.9 Å². The van der Waals surface area contributed by atoms with Crippen LogP contribution in [0.5, 0.6) is 0 Å². The third-order valence-corrected chi connectivity index (χ3v) is 3.01. The second kappa shape index (κ2) is 5.90. The lowest BCUT2D eigenvalue weighted by Crippen LogP contribution is -2.19. The normalized spacial score (nSPS) is 10.6. The molecule has 22 heavy (non-hydrogen) atoms. The maximum Gasteiger partial charge on any atom is 0.286 e. The summed E-state index contributed by atoms with van der Waals surface area (Å²) in [6, 6.07) is 1.77. The largest absolute Gasteiger partial charge is 0.362 e. The molecule has 0 unspecified atom stereocenters. The molecule has 0 atom stereocenters. The van der Waals surface area contributed by atoms with Crippen molar-refractivity contribution in [1.82, 2.24) is 35.2 Å². The number of aromatic amines is 1. The summed E-state index contributed by atoms with van der Waals surface area (Å²) < 4.78 is 0. The van der Waals surface area contributed by atoms with E-state index in [0.717, 1.165) is 5.69 Å². The smallest absolute Gasteiger partial charge is 0.286 e. The van der Waals surface area contributed by atoms with Gasteiger partial charge in [0.1, 0.15) is 6.33 Å². The van der Waals surface area contributed by atoms with Gasteiger partial charge < -0.3 is 15.6 Å². The van der Waals surface area contributed by atoms with Crippen LogP contribution in [0.2, 0.25) is 5.28 Å². The van der Waals surface area contributed by atoms with Crippen molar-refractivity contribution in [2.24, 2.45) is 0 Å². The number of carbonyl (C=O) groups excluding carboxylic acids is 1. The molecule has 0 saturated heterocycles. The van der Waals surface area contributed by atoms with Crippen molar-refractivity contribution < 1.29 is 4.79 Å². The maximum atomic E-state index is 11.6. The Hall–Kier alpha value is -2.81. The molecule has 0 aliphatic rings. The van der Waals surface area contributed by atoms with E-state index in [1.54, 1.807) is 12.3 Å². The minimum Gasteiger partial charge on any atom is -0.362 e. The van der Waals surface area contributed by atoms with E-state index in [-0.39, 0.29) is 17.0 Å². The molecular formula is C12H11ClN8O. The van der Waals surface area contributed by atoms with E-state index in [2.05, 4.69) is 40.5 Å². The number of aromatic nitrogens is 6. The van der Waals surface area contributed by atoms with Crippen LogP contribution in [0.15, 0.2) is 18.6 Å². The lowest BCUT2D eigenvalue weighted by atomic mass is 10.4. The summed E-state index contributed by atoms with van der Waals surface area (Å²) in [7, 11) is 1.52. The van der Waals surface area contributed by atoms with Crippen LogP contribution in [0.3, 0.4) is 0 Å². The SMILES string of the molecule is CNC(=O)c1nc2c(NCc3ccncn3)nc(Cl)nc2[nH]1. The Morgan fingerprint density at radius 1 is 1.36 bits per heavy atom. The summed E-state index contributed by atoms with van der Waals surface area (Å²) in [5.74, 6) is 0.204. The van der Waals surface area contributed by atoms with E-state index in [1.165, 1.54) is 13.4 Å². The van der Waals surface area contributed by atoms with Crippen LogP contribution in [0, 0.1) is 0 Å². The topological polar surface area (TPSA) is 121 Å². The minimum absolute atomic E-state index is 0.0461. The molecule has 3 aromatic rings. The number of hydrogen-bond acceptors (Lipinski definition) is 7. The van der Waals surface area contributed by atoms with Gasteiger partial charge >= 0.3 is 0 Å². The van der Waals surface area contributed by atoms with E-state index >= 15 is 0 Å². The van der Waals surface area contributed by atoms with Crippen molar-refractivity contribution in [2.75, 3.05) is 12.4 Å². The number of nitrogens with one attached hydrogen (secondary N) is 3. The first-order valence-corrected chi connectivity index (χ1v) is 6.69. The molecule has 3 rings (SSSR count). The summed E-state index contributed by atoms with van der Waals surface area (Å²) in [5, 5.41) is 5.60. The van der Waals surface area contributed by atoms with Crippen LogP contribution < -0.4 is 10.6 Å². The number of H-pyrrole nitrogens is 1. The Kier molecular flexibility index (Phi) is 3.79. The highest BCUT2D eigenvalue weighted by Gasteiger charge is 2.15. The third kappa shape index (κ3) is 2.79. The van der Waals surface area contributed by atoms with Gasteiger partial charge in [-0.2, -0.15) is 9.97 Å². The molecule has 9 nitrogen and oxygen atoms in total. The van der Waals surface area contributed by atoms with Crippen molar-refractivity contribution in [2.45, 2.75) is 6.54 Å². The summed E-state index contributed by atoms with van der Waals surface area (Å²) in [6.45, 7) is 0.410. The number of amides is 1. The van der Waals surface area contributed by atoms with Crippen LogP contribution in [0.25, 0.3) is 11.2 Å². The van der Waals surface area contributed by atoms with Gasteiger partial charge in [-0.15, -0.1) is 0 Å². The predicted octanol–water partition coefficient (Wildman–Crippen LogP) is 0.768. The molecule has 0 radical (unpaired) electrons. The third-order valence-electron chi connectivity index (χ3n) is 2.84. The molecule has 0 saturated carbocycles. The number of nitrogens with zero attached hydrogens (tertiary/aromatic N) is 5. The second-order valence-electron chi connectivity index (χ2n) is 4.26. The van der Waals surface area contributed by atoms with E-state index in [4.69, 9.17) is 11.6 Å². The molecule has 0 fully saturated rings. The monoisotopic (exact) mass is 318 g/mol. The Morgan fingerprint density at radius 3 is 2.95 bits per heavy atom. The van der Waals surface area contributed by atoms with E-state index < -0.39 is 0 Å². The van der Waals surface area contributed by atoms with Gasteiger partial charge in [0.15, 0.2) is 22.8 Å². The average molecular weight is 319 g/mol. The van der Waals surface area contributed by atoms with E-state index in [0.29, 0.717) is 23.5 Å².